The second kappa shape index (κ2) is 7.15. The Labute approximate surface area is 144 Å². The summed E-state index contributed by atoms with van der Waals surface area (Å²) in [5.74, 6) is 0.963. The fourth-order valence-electron chi connectivity index (χ4n) is 2.26. The van der Waals surface area contributed by atoms with Crippen LogP contribution in [0, 0.1) is 6.92 Å². The highest BCUT2D eigenvalue weighted by Gasteiger charge is 2.07. The minimum Gasteiger partial charge on any atom is -0.455 e. The first-order valence-electron chi connectivity index (χ1n) is 7.38. The monoisotopic (exact) mass is 338 g/mol. The number of halogens is 1. The number of amides is 1. The highest BCUT2D eigenvalue weighted by Crippen LogP contribution is 2.24. The number of aryl methyl sites for hydroxylation is 1. The van der Waals surface area contributed by atoms with E-state index < -0.39 is 0 Å². The van der Waals surface area contributed by atoms with Crippen molar-refractivity contribution in [2.45, 2.75) is 6.92 Å². The minimum atomic E-state index is -0.258. The summed E-state index contributed by atoms with van der Waals surface area (Å²) < 4.78 is 5.68. The predicted molar refractivity (Wildman–Crippen MR) is 95.4 cm³/mol. The number of hydrogen-bond acceptors (Lipinski definition) is 3. The van der Waals surface area contributed by atoms with Gasteiger partial charge in [0.2, 0.25) is 0 Å². The van der Waals surface area contributed by atoms with Gasteiger partial charge in [-0.1, -0.05) is 41.9 Å². The van der Waals surface area contributed by atoms with Gasteiger partial charge in [0.25, 0.3) is 5.91 Å². The molecule has 1 heterocycles. The fraction of sp³-hybridized carbons (Fsp3) is 0.0526. The molecular formula is C19H15ClN2O2. The van der Waals surface area contributed by atoms with Crippen LogP contribution in [0.2, 0.25) is 5.02 Å². The summed E-state index contributed by atoms with van der Waals surface area (Å²) in [4.78, 5) is 12.0. The molecule has 0 spiro atoms. The zero-order chi connectivity index (χ0) is 16.9. The number of hydrazone groups is 1. The number of carbonyl (C=O) groups excluding carboxylic acids is 1. The van der Waals surface area contributed by atoms with E-state index in [9.17, 15) is 4.79 Å². The molecule has 0 fully saturated rings. The third-order valence-electron chi connectivity index (χ3n) is 3.48. The van der Waals surface area contributed by atoms with Gasteiger partial charge in [-0.25, -0.2) is 5.43 Å². The SMILES string of the molecule is Cc1ccccc1C(=O)N/N=C/c1ccc(-c2cccc(Cl)c2)o1. The van der Waals surface area contributed by atoms with Gasteiger partial charge in [0.1, 0.15) is 11.5 Å². The zero-order valence-electron chi connectivity index (χ0n) is 13.0. The van der Waals surface area contributed by atoms with Crippen LogP contribution < -0.4 is 5.43 Å². The number of carbonyl (C=O) groups is 1. The number of nitrogens with zero attached hydrogens (tertiary/aromatic N) is 1. The lowest BCUT2D eigenvalue weighted by atomic mass is 10.1. The van der Waals surface area contributed by atoms with Crippen molar-refractivity contribution in [2.75, 3.05) is 0 Å². The topological polar surface area (TPSA) is 54.6 Å². The molecule has 1 N–H and O–H groups in total. The van der Waals surface area contributed by atoms with Gasteiger partial charge >= 0.3 is 0 Å². The van der Waals surface area contributed by atoms with E-state index in [2.05, 4.69) is 10.5 Å². The molecule has 24 heavy (non-hydrogen) atoms. The van der Waals surface area contributed by atoms with Crippen LogP contribution in [-0.4, -0.2) is 12.1 Å². The standard InChI is InChI=1S/C19H15ClN2O2/c1-13-5-2-3-8-17(13)19(23)22-21-12-16-9-10-18(24-16)14-6-4-7-15(20)11-14/h2-12H,1H3,(H,22,23)/b21-12+. The average molecular weight is 339 g/mol. The molecule has 0 aliphatic carbocycles. The molecule has 0 saturated heterocycles. The lowest BCUT2D eigenvalue weighted by Gasteiger charge is -2.02. The molecule has 0 atom stereocenters. The quantitative estimate of drug-likeness (QED) is 0.555. The molecule has 5 heteroatoms. The average Bonchev–Trinajstić information content (AvgIpc) is 3.04. The van der Waals surface area contributed by atoms with E-state index in [1.165, 1.54) is 6.21 Å². The van der Waals surface area contributed by atoms with E-state index in [1.54, 1.807) is 18.2 Å². The number of benzene rings is 2. The minimum absolute atomic E-state index is 0.258. The zero-order valence-corrected chi connectivity index (χ0v) is 13.7. The molecule has 0 saturated carbocycles. The van der Waals surface area contributed by atoms with Crippen molar-refractivity contribution in [3.05, 3.63) is 82.6 Å². The van der Waals surface area contributed by atoms with E-state index in [4.69, 9.17) is 16.0 Å². The molecule has 0 radical (unpaired) electrons. The van der Waals surface area contributed by atoms with Crippen molar-refractivity contribution in [1.29, 1.82) is 0 Å². The maximum atomic E-state index is 12.0. The van der Waals surface area contributed by atoms with Crippen molar-refractivity contribution in [2.24, 2.45) is 5.10 Å². The lowest BCUT2D eigenvalue weighted by molar-refractivity contribution is 0.0954. The highest BCUT2D eigenvalue weighted by molar-refractivity contribution is 6.30. The largest absolute Gasteiger partial charge is 0.455 e. The van der Waals surface area contributed by atoms with E-state index in [-0.39, 0.29) is 5.91 Å². The van der Waals surface area contributed by atoms with Crippen molar-refractivity contribution in [3.8, 4) is 11.3 Å². The predicted octanol–water partition coefficient (Wildman–Crippen LogP) is 4.67. The summed E-state index contributed by atoms with van der Waals surface area (Å²) in [7, 11) is 0. The first-order chi connectivity index (χ1) is 11.6. The van der Waals surface area contributed by atoms with Crippen molar-refractivity contribution < 1.29 is 9.21 Å². The van der Waals surface area contributed by atoms with Crippen LogP contribution in [0.1, 0.15) is 21.7 Å². The molecule has 0 unspecified atom stereocenters. The normalized spacial score (nSPS) is 10.9. The molecule has 0 aliphatic rings. The molecule has 120 valence electrons. The molecule has 0 aliphatic heterocycles. The molecule has 0 bridgehead atoms. The third-order valence-corrected chi connectivity index (χ3v) is 3.72. The number of nitrogens with one attached hydrogen (secondary N) is 1. The Hall–Kier alpha value is -2.85. The first kappa shape index (κ1) is 16.0. The Balaban J connectivity index is 1.68. The second-order valence-electron chi connectivity index (χ2n) is 5.23. The van der Waals surface area contributed by atoms with Gasteiger partial charge in [-0.3, -0.25) is 4.79 Å². The summed E-state index contributed by atoms with van der Waals surface area (Å²) in [6, 6.07) is 18.3. The van der Waals surface area contributed by atoms with Crippen molar-refractivity contribution >= 4 is 23.7 Å². The molecule has 3 rings (SSSR count). The lowest BCUT2D eigenvalue weighted by Crippen LogP contribution is -2.18. The smallest absolute Gasteiger partial charge is 0.271 e. The van der Waals surface area contributed by atoms with Gasteiger partial charge in [-0.05, 0) is 42.8 Å². The molecular weight excluding hydrogens is 324 g/mol. The highest BCUT2D eigenvalue weighted by atomic mass is 35.5. The van der Waals surface area contributed by atoms with Gasteiger partial charge < -0.3 is 4.42 Å². The third kappa shape index (κ3) is 3.73. The number of rotatable bonds is 4. The van der Waals surface area contributed by atoms with Crippen LogP contribution >= 0.6 is 11.6 Å². The maximum absolute atomic E-state index is 12.0. The molecule has 3 aromatic rings. The Bertz CT molecular complexity index is 900. The van der Waals surface area contributed by atoms with Crippen LogP contribution in [0.25, 0.3) is 11.3 Å². The Kier molecular flexibility index (Phi) is 4.77. The van der Waals surface area contributed by atoms with Gasteiger partial charge in [0, 0.05) is 16.1 Å². The van der Waals surface area contributed by atoms with Crippen LogP contribution in [0.5, 0.6) is 0 Å². The number of hydrogen-bond donors (Lipinski definition) is 1. The van der Waals surface area contributed by atoms with Crippen LogP contribution in [0.3, 0.4) is 0 Å². The molecule has 1 amide bonds. The Morgan fingerprint density at radius 3 is 2.75 bits per heavy atom. The maximum Gasteiger partial charge on any atom is 0.271 e. The second-order valence-corrected chi connectivity index (χ2v) is 5.66. The molecule has 4 nitrogen and oxygen atoms in total. The van der Waals surface area contributed by atoms with Gasteiger partial charge in [-0.2, -0.15) is 5.10 Å². The summed E-state index contributed by atoms with van der Waals surface area (Å²) in [6.45, 7) is 1.88. The van der Waals surface area contributed by atoms with Gasteiger partial charge in [-0.15, -0.1) is 0 Å². The van der Waals surface area contributed by atoms with E-state index >= 15 is 0 Å². The first-order valence-corrected chi connectivity index (χ1v) is 7.76. The number of furan rings is 1. The van der Waals surface area contributed by atoms with E-state index in [1.807, 2.05) is 49.4 Å². The van der Waals surface area contributed by atoms with E-state index in [0.717, 1.165) is 11.1 Å². The Morgan fingerprint density at radius 2 is 1.96 bits per heavy atom. The van der Waals surface area contributed by atoms with Crippen LogP contribution in [-0.2, 0) is 0 Å². The van der Waals surface area contributed by atoms with Crippen molar-refractivity contribution in [1.82, 2.24) is 5.43 Å². The van der Waals surface area contributed by atoms with Gasteiger partial charge in [0.05, 0.1) is 6.21 Å². The van der Waals surface area contributed by atoms with E-state index in [0.29, 0.717) is 22.1 Å². The summed E-state index contributed by atoms with van der Waals surface area (Å²) in [6.07, 6.45) is 1.46. The van der Waals surface area contributed by atoms with Crippen LogP contribution in [0.15, 0.2) is 70.2 Å². The fourth-order valence-corrected chi connectivity index (χ4v) is 2.45. The Morgan fingerprint density at radius 1 is 1.12 bits per heavy atom. The molecule has 1 aromatic heterocycles. The van der Waals surface area contributed by atoms with Gasteiger partial charge in [0.15, 0.2) is 0 Å². The summed E-state index contributed by atoms with van der Waals surface area (Å²) in [5.41, 5.74) is 4.86. The summed E-state index contributed by atoms with van der Waals surface area (Å²) >= 11 is 5.98. The molecule has 2 aromatic carbocycles. The van der Waals surface area contributed by atoms with Crippen molar-refractivity contribution in [3.63, 3.8) is 0 Å². The summed E-state index contributed by atoms with van der Waals surface area (Å²) in [5, 5.41) is 4.58. The van der Waals surface area contributed by atoms with Crippen LogP contribution in [0.4, 0.5) is 0 Å².